The Balaban J connectivity index is 1.71. The Bertz CT molecular complexity index is 645. The Kier molecular flexibility index (Phi) is 6.49. The van der Waals surface area contributed by atoms with E-state index in [1.807, 2.05) is 5.38 Å². The van der Waals surface area contributed by atoms with Crippen LogP contribution >= 0.6 is 34.5 Å². The van der Waals surface area contributed by atoms with Crippen molar-refractivity contribution in [2.45, 2.75) is 26.3 Å². The molecule has 0 spiro atoms. The van der Waals surface area contributed by atoms with Crippen LogP contribution in [0.3, 0.4) is 0 Å². The lowest BCUT2D eigenvalue weighted by Gasteiger charge is -2.08. The molecule has 2 amide bonds. The van der Waals surface area contributed by atoms with E-state index in [0.29, 0.717) is 23.1 Å². The Morgan fingerprint density at radius 1 is 1.32 bits per heavy atom. The van der Waals surface area contributed by atoms with Gasteiger partial charge in [-0.1, -0.05) is 36.2 Å². The van der Waals surface area contributed by atoms with Crippen molar-refractivity contribution in [1.29, 1.82) is 0 Å². The van der Waals surface area contributed by atoms with Crippen LogP contribution in [-0.4, -0.2) is 17.6 Å². The highest BCUT2D eigenvalue weighted by atomic mass is 35.5. The molecular formula is C15H17Cl2N3OS. The fourth-order valence-corrected chi connectivity index (χ4v) is 3.09. The zero-order valence-corrected chi connectivity index (χ0v) is 14.5. The first-order valence-electron chi connectivity index (χ1n) is 6.97. The van der Waals surface area contributed by atoms with E-state index in [4.69, 9.17) is 23.2 Å². The van der Waals surface area contributed by atoms with Crippen LogP contribution in [-0.2, 0) is 19.4 Å². The number of urea groups is 1. The minimum atomic E-state index is -0.225. The molecule has 7 heteroatoms. The molecule has 0 aliphatic heterocycles. The highest BCUT2D eigenvalue weighted by molar-refractivity contribution is 7.09. The average molecular weight is 358 g/mol. The number of nitrogens with one attached hydrogen (secondary N) is 2. The Morgan fingerprint density at radius 3 is 2.82 bits per heavy atom. The van der Waals surface area contributed by atoms with E-state index in [1.165, 1.54) is 0 Å². The van der Waals surface area contributed by atoms with Gasteiger partial charge >= 0.3 is 6.03 Å². The van der Waals surface area contributed by atoms with Gasteiger partial charge in [0.1, 0.15) is 0 Å². The number of amides is 2. The molecule has 0 saturated heterocycles. The van der Waals surface area contributed by atoms with Crippen molar-refractivity contribution in [2.24, 2.45) is 0 Å². The van der Waals surface area contributed by atoms with Gasteiger partial charge in [-0.15, -0.1) is 11.3 Å². The van der Waals surface area contributed by atoms with Gasteiger partial charge in [0.2, 0.25) is 0 Å². The third-order valence-corrected chi connectivity index (χ3v) is 4.65. The molecule has 1 aromatic carbocycles. The summed E-state index contributed by atoms with van der Waals surface area (Å²) in [7, 11) is 0. The van der Waals surface area contributed by atoms with Gasteiger partial charge in [-0.05, 0) is 24.1 Å². The third-order valence-electron chi connectivity index (χ3n) is 3.02. The number of aryl methyl sites for hydroxylation is 1. The van der Waals surface area contributed by atoms with Gasteiger partial charge in [-0.2, -0.15) is 0 Å². The van der Waals surface area contributed by atoms with Crippen LogP contribution in [0.25, 0.3) is 0 Å². The van der Waals surface area contributed by atoms with E-state index in [0.717, 1.165) is 29.1 Å². The molecule has 0 aliphatic carbocycles. The first-order chi connectivity index (χ1) is 10.6. The number of hydrogen-bond donors (Lipinski definition) is 2. The van der Waals surface area contributed by atoms with Crippen molar-refractivity contribution in [1.82, 2.24) is 15.6 Å². The maximum Gasteiger partial charge on any atom is 0.315 e. The lowest BCUT2D eigenvalue weighted by atomic mass is 10.2. The minimum Gasteiger partial charge on any atom is -0.338 e. The minimum absolute atomic E-state index is 0.225. The third kappa shape index (κ3) is 5.16. The number of nitrogens with zero attached hydrogens (tertiary/aromatic N) is 1. The number of carbonyl (C=O) groups excluding carboxylic acids is 1. The topological polar surface area (TPSA) is 54.0 Å². The Labute approximate surface area is 143 Å². The Hall–Kier alpha value is -1.30. The first kappa shape index (κ1) is 17.1. The number of benzene rings is 1. The van der Waals surface area contributed by atoms with Gasteiger partial charge in [-0.3, -0.25) is 0 Å². The number of aromatic nitrogens is 1. The predicted octanol–water partition coefficient (Wildman–Crippen LogP) is 4.05. The summed E-state index contributed by atoms with van der Waals surface area (Å²) in [5.74, 6) is 0. The maximum absolute atomic E-state index is 11.7. The van der Waals surface area contributed by atoms with E-state index in [1.54, 1.807) is 29.5 Å². The van der Waals surface area contributed by atoms with E-state index in [-0.39, 0.29) is 6.03 Å². The smallest absolute Gasteiger partial charge is 0.315 e. The van der Waals surface area contributed by atoms with Gasteiger partial charge in [0.05, 0.1) is 10.7 Å². The molecule has 0 fully saturated rings. The summed E-state index contributed by atoms with van der Waals surface area (Å²) in [6, 6.07) is 4.98. The number of rotatable bonds is 6. The molecule has 0 atom stereocenters. The van der Waals surface area contributed by atoms with E-state index in [9.17, 15) is 4.79 Å². The van der Waals surface area contributed by atoms with Gasteiger partial charge in [0, 0.05) is 34.9 Å². The molecule has 0 bridgehead atoms. The largest absolute Gasteiger partial charge is 0.338 e. The molecule has 2 rings (SSSR count). The van der Waals surface area contributed by atoms with E-state index in [2.05, 4.69) is 22.5 Å². The lowest BCUT2D eigenvalue weighted by molar-refractivity contribution is 0.240. The van der Waals surface area contributed by atoms with Crippen LogP contribution in [0.2, 0.25) is 10.0 Å². The molecule has 0 radical (unpaired) electrons. The summed E-state index contributed by atoms with van der Waals surface area (Å²) in [6.07, 6.45) is 1.67. The van der Waals surface area contributed by atoms with Gasteiger partial charge in [-0.25, -0.2) is 9.78 Å². The lowest BCUT2D eigenvalue weighted by Crippen LogP contribution is -2.36. The zero-order valence-electron chi connectivity index (χ0n) is 12.2. The molecule has 0 aliphatic rings. The number of carbonyl (C=O) groups is 1. The van der Waals surface area contributed by atoms with Crippen molar-refractivity contribution >= 4 is 40.6 Å². The summed E-state index contributed by atoms with van der Waals surface area (Å²) >= 11 is 13.5. The predicted molar refractivity (Wildman–Crippen MR) is 91.9 cm³/mol. The van der Waals surface area contributed by atoms with Crippen LogP contribution in [0.5, 0.6) is 0 Å². The monoisotopic (exact) mass is 357 g/mol. The van der Waals surface area contributed by atoms with Crippen LogP contribution in [0.1, 0.15) is 23.2 Å². The molecule has 4 nitrogen and oxygen atoms in total. The molecule has 0 saturated carbocycles. The Morgan fingerprint density at radius 2 is 2.14 bits per heavy atom. The van der Waals surface area contributed by atoms with Crippen LogP contribution in [0, 0.1) is 0 Å². The van der Waals surface area contributed by atoms with Crippen molar-refractivity contribution in [3.8, 4) is 0 Å². The standard InChI is InChI=1S/C15H17Cl2N3OS/c1-2-14-20-12(9-22-14)5-6-18-15(21)19-8-10-3-4-11(16)7-13(10)17/h3-4,7,9H,2,5-6,8H2,1H3,(H2,18,19,21). The maximum atomic E-state index is 11.7. The first-order valence-corrected chi connectivity index (χ1v) is 8.61. The summed E-state index contributed by atoms with van der Waals surface area (Å²) < 4.78 is 0. The second-order valence-electron chi connectivity index (χ2n) is 4.68. The van der Waals surface area contributed by atoms with E-state index >= 15 is 0 Å². The fourth-order valence-electron chi connectivity index (χ4n) is 1.83. The highest BCUT2D eigenvalue weighted by Crippen LogP contribution is 2.20. The second-order valence-corrected chi connectivity index (χ2v) is 6.47. The number of thiazole rings is 1. The normalized spacial score (nSPS) is 10.5. The molecule has 0 unspecified atom stereocenters. The quantitative estimate of drug-likeness (QED) is 0.818. The van der Waals surface area contributed by atoms with Crippen molar-refractivity contribution in [3.05, 3.63) is 49.9 Å². The van der Waals surface area contributed by atoms with Crippen molar-refractivity contribution < 1.29 is 4.79 Å². The molecule has 2 aromatic rings. The summed E-state index contributed by atoms with van der Waals surface area (Å²) in [5, 5.41) is 9.85. The van der Waals surface area contributed by atoms with Crippen LogP contribution in [0.4, 0.5) is 4.79 Å². The zero-order chi connectivity index (χ0) is 15.9. The number of halogens is 2. The molecule has 1 heterocycles. The van der Waals surface area contributed by atoms with Gasteiger partial charge in [0.25, 0.3) is 0 Å². The summed E-state index contributed by atoms with van der Waals surface area (Å²) in [4.78, 5) is 16.2. The van der Waals surface area contributed by atoms with Gasteiger partial charge in [0.15, 0.2) is 0 Å². The second kappa shape index (κ2) is 8.36. The SMILES string of the molecule is CCc1nc(CCNC(=O)NCc2ccc(Cl)cc2Cl)cs1. The van der Waals surface area contributed by atoms with Gasteiger partial charge < -0.3 is 10.6 Å². The van der Waals surface area contributed by atoms with E-state index < -0.39 is 0 Å². The van der Waals surface area contributed by atoms with Crippen molar-refractivity contribution in [2.75, 3.05) is 6.54 Å². The number of hydrogen-bond acceptors (Lipinski definition) is 3. The molecular weight excluding hydrogens is 341 g/mol. The molecule has 118 valence electrons. The summed E-state index contributed by atoms with van der Waals surface area (Å²) in [5.41, 5.74) is 1.84. The van der Waals surface area contributed by atoms with Crippen molar-refractivity contribution in [3.63, 3.8) is 0 Å². The fraction of sp³-hybridized carbons (Fsp3) is 0.333. The highest BCUT2D eigenvalue weighted by Gasteiger charge is 2.05. The van der Waals surface area contributed by atoms with Crippen LogP contribution in [0.15, 0.2) is 23.6 Å². The molecule has 22 heavy (non-hydrogen) atoms. The molecule has 2 N–H and O–H groups in total. The molecule has 1 aromatic heterocycles. The van der Waals surface area contributed by atoms with Crippen LogP contribution < -0.4 is 10.6 Å². The summed E-state index contributed by atoms with van der Waals surface area (Å²) in [6.45, 7) is 2.99. The average Bonchev–Trinajstić information content (AvgIpc) is 2.94.